The third-order valence-corrected chi connectivity index (χ3v) is 4.86. The summed E-state index contributed by atoms with van der Waals surface area (Å²) in [6.45, 7) is 3.13. The van der Waals surface area contributed by atoms with E-state index in [1.54, 1.807) is 4.90 Å². The fourth-order valence-corrected chi connectivity index (χ4v) is 3.69. The van der Waals surface area contributed by atoms with Crippen LogP contribution in [0.3, 0.4) is 0 Å². The molecule has 3 heterocycles. The molecule has 0 aromatic heterocycles. The molecule has 0 spiro atoms. The van der Waals surface area contributed by atoms with Crippen molar-refractivity contribution in [3.05, 3.63) is 0 Å². The van der Waals surface area contributed by atoms with E-state index in [1.165, 1.54) is 6.55 Å². The monoisotopic (exact) mass is 257 g/mol. The summed E-state index contributed by atoms with van der Waals surface area (Å²) < 4.78 is 53.8. The molecule has 3 rings (SSSR count). The van der Waals surface area contributed by atoms with Gasteiger partial charge in [0.15, 0.2) is 6.10 Å². The van der Waals surface area contributed by atoms with E-state index in [2.05, 4.69) is 0 Å². The fraction of sp³-hybridized carbons (Fsp3) is 1.00. The molecule has 3 aliphatic rings. The molecule has 3 saturated heterocycles. The Hall–Kier alpha value is -0.153. The van der Waals surface area contributed by atoms with E-state index < -0.39 is 21.1 Å². The predicted octanol–water partition coefficient (Wildman–Crippen LogP) is 0.865. The molecule has 0 saturated carbocycles. The van der Waals surface area contributed by atoms with Gasteiger partial charge in [0.1, 0.15) is 0 Å². The van der Waals surface area contributed by atoms with Crippen LogP contribution < -0.4 is 0 Å². The Morgan fingerprint density at radius 3 is 2.25 bits per heavy atom. The van der Waals surface area contributed by atoms with Crippen molar-refractivity contribution in [2.45, 2.75) is 18.8 Å². The molecule has 0 N–H and O–H groups in total. The third kappa shape index (κ3) is 2.75. The standard InChI is InChI=1S/C8H14F3NO3Si/c1-16-13-4-2-12(3-5-14-16)6-7(15-16)8(9,10)11/h7H,2-6H2,1H3. The minimum Gasteiger partial charge on any atom is -0.372 e. The van der Waals surface area contributed by atoms with Gasteiger partial charge in [-0.05, 0) is 0 Å². The molecule has 0 amide bonds. The lowest BCUT2D eigenvalue weighted by Gasteiger charge is -2.40. The van der Waals surface area contributed by atoms with E-state index in [0.29, 0.717) is 26.3 Å². The van der Waals surface area contributed by atoms with Crippen molar-refractivity contribution in [2.75, 3.05) is 32.8 Å². The first-order valence-corrected chi connectivity index (χ1v) is 7.36. The number of rotatable bonds is 0. The molecule has 2 bridgehead atoms. The Kier molecular flexibility index (Phi) is 3.28. The maximum atomic E-state index is 12.7. The van der Waals surface area contributed by atoms with Crippen molar-refractivity contribution in [3.63, 3.8) is 0 Å². The number of fused-ring (bicyclic) bond motifs is 6. The van der Waals surface area contributed by atoms with Gasteiger partial charge in [0, 0.05) is 26.2 Å². The topological polar surface area (TPSA) is 30.9 Å². The summed E-state index contributed by atoms with van der Waals surface area (Å²) in [6.07, 6.45) is -6.17. The highest BCUT2D eigenvalue weighted by atomic mass is 28.4. The van der Waals surface area contributed by atoms with Gasteiger partial charge in [0.2, 0.25) is 0 Å². The van der Waals surface area contributed by atoms with Crippen LogP contribution >= 0.6 is 0 Å². The maximum absolute atomic E-state index is 12.7. The van der Waals surface area contributed by atoms with Gasteiger partial charge < -0.3 is 13.3 Å². The van der Waals surface area contributed by atoms with Crippen LogP contribution in [0.15, 0.2) is 0 Å². The second-order valence-corrected chi connectivity index (χ2v) is 6.55. The average molecular weight is 257 g/mol. The van der Waals surface area contributed by atoms with Gasteiger partial charge in [0.05, 0.1) is 13.2 Å². The molecule has 0 aromatic rings. The average Bonchev–Trinajstić information content (AvgIpc) is 2.06. The van der Waals surface area contributed by atoms with Gasteiger partial charge in [-0.15, -0.1) is 0 Å². The molecular weight excluding hydrogens is 243 g/mol. The molecule has 4 nitrogen and oxygen atoms in total. The summed E-state index contributed by atoms with van der Waals surface area (Å²) in [5.74, 6) is 0. The first kappa shape index (κ1) is 12.3. The minimum absolute atomic E-state index is 0.126. The number of nitrogens with zero attached hydrogens (tertiary/aromatic N) is 1. The number of alkyl halides is 3. The van der Waals surface area contributed by atoms with E-state index >= 15 is 0 Å². The van der Waals surface area contributed by atoms with Gasteiger partial charge in [0.25, 0.3) is 0 Å². The molecule has 0 radical (unpaired) electrons. The lowest BCUT2D eigenvalue weighted by atomic mass is 10.3. The van der Waals surface area contributed by atoms with Gasteiger partial charge in [-0.2, -0.15) is 13.2 Å². The summed E-state index contributed by atoms with van der Waals surface area (Å²) in [4.78, 5) is 1.66. The zero-order chi connectivity index (χ0) is 11.8. The lowest BCUT2D eigenvalue weighted by Crippen LogP contribution is -2.59. The molecule has 0 aliphatic carbocycles. The Labute approximate surface area is 92.6 Å². The zero-order valence-electron chi connectivity index (χ0n) is 8.92. The number of hydrogen-bond donors (Lipinski definition) is 0. The Morgan fingerprint density at radius 1 is 1.19 bits per heavy atom. The van der Waals surface area contributed by atoms with Crippen molar-refractivity contribution in [1.82, 2.24) is 4.90 Å². The van der Waals surface area contributed by atoms with Gasteiger partial charge in [-0.3, -0.25) is 4.90 Å². The summed E-state index contributed by atoms with van der Waals surface area (Å²) in [6, 6.07) is 0. The second-order valence-electron chi connectivity index (χ2n) is 4.01. The van der Waals surface area contributed by atoms with Crippen molar-refractivity contribution >= 4 is 8.80 Å². The largest absolute Gasteiger partial charge is 0.498 e. The molecule has 1 atom stereocenters. The van der Waals surface area contributed by atoms with Crippen LogP contribution in [-0.2, 0) is 13.3 Å². The summed E-state index contributed by atoms with van der Waals surface area (Å²) in [7, 11) is -3.10. The van der Waals surface area contributed by atoms with E-state index in [0.717, 1.165) is 0 Å². The first-order valence-electron chi connectivity index (χ1n) is 5.14. The Morgan fingerprint density at radius 2 is 1.75 bits per heavy atom. The van der Waals surface area contributed by atoms with Crippen LogP contribution in [0.5, 0.6) is 0 Å². The van der Waals surface area contributed by atoms with Crippen LogP contribution in [0.2, 0.25) is 6.55 Å². The quantitative estimate of drug-likeness (QED) is 0.602. The summed E-state index contributed by atoms with van der Waals surface area (Å²) in [5, 5.41) is 0. The maximum Gasteiger partial charge on any atom is 0.498 e. The van der Waals surface area contributed by atoms with E-state index in [4.69, 9.17) is 13.3 Å². The molecule has 16 heavy (non-hydrogen) atoms. The van der Waals surface area contributed by atoms with Crippen LogP contribution in [0.4, 0.5) is 13.2 Å². The Balaban J connectivity index is 2.18. The smallest absolute Gasteiger partial charge is 0.372 e. The first-order chi connectivity index (χ1) is 7.39. The zero-order valence-corrected chi connectivity index (χ0v) is 9.92. The predicted molar refractivity (Wildman–Crippen MR) is 50.9 cm³/mol. The fourth-order valence-electron chi connectivity index (χ4n) is 1.82. The molecule has 8 heteroatoms. The summed E-state index contributed by atoms with van der Waals surface area (Å²) in [5.41, 5.74) is 0. The van der Waals surface area contributed by atoms with Crippen molar-refractivity contribution in [3.8, 4) is 0 Å². The van der Waals surface area contributed by atoms with Crippen molar-refractivity contribution in [2.24, 2.45) is 0 Å². The third-order valence-electron chi connectivity index (χ3n) is 2.69. The highest BCUT2D eigenvalue weighted by Crippen LogP contribution is 2.29. The van der Waals surface area contributed by atoms with Crippen LogP contribution in [0, 0.1) is 0 Å². The normalized spacial score (nSPS) is 41.2. The molecule has 1 unspecified atom stereocenters. The molecular formula is C8H14F3NO3Si. The second kappa shape index (κ2) is 4.26. The van der Waals surface area contributed by atoms with Crippen molar-refractivity contribution in [1.29, 1.82) is 0 Å². The Bertz CT molecular complexity index is 253. The van der Waals surface area contributed by atoms with Gasteiger partial charge >= 0.3 is 15.0 Å². The van der Waals surface area contributed by atoms with E-state index in [1.807, 2.05) is 0 Å². The highest BCUT2D eigenvalue weighted by Gasteiger charge is 2.50. The van der Waals surface area contributed by atoms with E-state index in [-0.39, 0.29) is 6.54 Å². The van der Waals surface area contributed by atoms with Crippen molar-refractivity contribution < 1.29 is 26.4 Å². The van der Waals surface area contributed by atoms with Crippen LogP contribution in [-0.4, -0.2) is 58.8 Å². The minimum atomic E-state index is -4.37. The van der Waals surface area contributed by atoms with E-state index in [9.17, 15) is 13.2 Å². The number of halogens is 3. The lowest BCUT2D eigenvalue weighted by molar-refractivity contribution is -0.219. The molecule has 94 valence electrons. The van der Waals surface area contributed by atoms with Gasteiger partial charge in [-0.1, -0.05) is 0 Å². The molecule has 3 fully saturated rings. The summed E-state index contributed by atoms with van der Waals surface area (Å²) >= 11 is 0. The molecule has 3 aliphatic heterocycles. The number of hydrogen-bond acceptors (Lipinski definition) is 4. The highest BCUT2D eigenvalue weighted by molar-refractivity contribution is 6.59. The van der Waals surface area contributed by atoms with Gasteiger partial charge in [-0.25, -0.2) is 0 Å². The van der Waals surface area contributed by atoms with Crippen LogP contribution in [0.25, 0.3) is 0 Å². The van der Waals surface area contributed by atoms with Crippen LogP contribution in [0.1, 0.15) is 0 Å². The SMILES string of the molecule is C[Si]12OCCN(CCO1)CC(C(F)(F)F)O2. The molecule has 0 aromatic carbocycles.